The Bertz CT molecular complexity index is 782. The predicted octanol–water partition coefficient (Wildman–Crippen LogP) is 4.35. The molecule has 0 N–H and O–H groups in total. The molecule has 1 aliphatic rings. The van der Waals surface area contributed by atoms with Gasteiger partial charge in [0.25, 0.3) is 0 Å². The molecule has 5 heteroatoms. The molecule has 0 unspecified atom stereocenters. The van der Waals surface area contributed by atoms with Crippen molar-refractivity contribution in [2.75, 3.05) is 6.26 Å². The van der Waals surface area contributed by atoms with Crippen LogP contribution in [0.15, 0.2) is 33.6 Å². The smallest absolute Gasteiger partial charge is 0.192 e. The molecule has 1 aromatic heterocycles. The molecule has 1 fully saturated rings. The standard InChI is InChI=1S/C18H23NO3S/c1-12-4-6-14(7-5-12)17-18(22-13(2)19-17)15-8-10-16(11-9-15)23(3,20)21/h8-12,14H,4-7H2,1-3H3. The fourth-order valence-electron chi connectivity index (χ4n) is 3.31. The second-order valence-corrected chi connectivity index (χ2v) is 8.72. The predicted molar refractivity (Wildman–Crippen MR) is 90.2 cm³/mol. The van der Waals surface area contributed by atoms with Crippen LogP contribution < -0.4 is 0 Å². The highest BCUT2D eigenvalue weighted by molar-refractivity contribution is 7.90. The fourth-order valence-corrected chi connectivity index (χ4v) is 3.94. The first-order valence-corrected chi connectivity index (χ1v) is 10.0. The largest absolute Gasteiger partial charge is 0.441 e. The fraction of sp³-hybridized carbons (Fsp3) is 0.500. The summed E-state index contributed by atoms with van der Waals surface area (Å²) in [6.07, 6.45) is 5.95. The van der Waals surface area contributed by atoms with Gasteiger partial charge >= 0.3 is 0 Å². The van der Waals surface area contributed by atoms with Crippen LogP contribution in [0.4, 0.5) is 0 Å². The third kappa shape index (κ3) is 3.50. The number of hydrogen-bond acceptors (Lipinski definition) is 4. The minimum atomic E-state index is -3.18. The van der Waals surface area contributed by atoms with E-state index < -0.39 is 9.84 Å². The van der Waals surface area contributed by atoms with E-state index in [9.17, 15) is 8.42 Å². The van der Waals surface area contributed by atoms with Gasteiger partial charge in [0, 0.05) is 24.7 Å². The van der Waals surface area contributed by atoms with E-state index in [1.807, 2.05) is 19.1 Å². The zero-order chi connectivity index (χ0) is 16.6. The molecule has 0 aliphatic heterocycles. The van der Waals surface area contributed by atoms with Crippen molar-refractivity contribution in [2.45, 2.75) is 50.3 Å². The SMILES string of the molecule is Cc1nc(C2CCC(C)CC2)c(-c2ccc(S(C)(=O)=O)cc2)o1. The Morgan fingerprint density at radius 1 is 1.09 bits per heavy atom. The molecule has 1 aliphatic carbocycles. The van der Waals surface area contributed by atoms with Crippen LogP contribution in [0.3, 0.4) is 0 Å². The molecular formula is C18H23NO3S. The summed E-state index contributed by atoms with van der Waals surface area (Å²) >= 11 is 0. The lowest BCUT2D eigenvalue weighted by atomic mass is 9.80. The molecule has 0 spiro atoms. The maximum absolute atomic E-state index is 11.6. The van der Waals surface area contributed by atoms with Gasteiger partial charge in [0.15, 0.2) is 21.5 Å². The maximum atomic E-state index is 11.6. The number of oxazole rings is 1. The summed E-state index contributed by atoms with van der Waals surface area (Å²) in [4.78, 5) is 4.95. The van der Waals surface area contributed by atoms with E-state index in [1.54, 1.807) is 12.1 Å². The van der Waals surface area contributed by atoms with Crippen LogP contribution in [0.1, 0.15) is 50.1 Å². The number of nitrogens with zero attached hydrogens (tertiary/aromatic N) is 1. The Hall–Kier alpha value is -1.62. The number of aryl methyl sites for hydroxylation is 1. The summed E-state index contributed by atoms with van der Waals surface area (Å²) in [7, 11) is -3.18. The summed E-state index contributed by atoms with van der Waals surface area (Å²) in [5.41, 5.74) is 1.92. The Balaban J connectivity index is 1.94. The molecule has 0 bridgehead atoms. The Labute approximate surface area is 137 Å². The van der Waals surface area contributed by atoms with Gasteiger partial charge in [0.1, 0.15) is 0 Å². The van der Waals surface area contributed by atoms with Crippen molar-refractivity contribution < 1.29 is 12.8 Å². The highest BCUT2D eigenvalue weighted by atomic mass is 32.2. The second kappa shape index (κ2) is 6.11. The monoisotopic (exact) mass is 333 g/mol. The molecule has 23 heavy (non-hydrogen) atoms. The van der Waals surface area contributed by atoms with Gasteiger partial charge in [-0.05, 0) is 43.0 Å². The first-order chi connectivity index (χ1) is 10.8. The zero-order valence-corrected chi connectivity index (χ0v) is 14.7. The van der Waals surface area contributed by atoms with Gasteiger partial charge in [0.2, 0.25) is 0 Å². The number of sulfone groups is 1. The second-order valence-electron chi connectivity index (χ2n) is 6.70. The molecule has 2 aromatic rings. The molecule has 1 aromatic carbocycles. The zero-order valence-electron chi connectivity index (χ0n) is 13.9. The maximum Gasteiger partial charge on any atom is 0.192 e. The lowest BCUT2D eigenvalue weighted by Crippen LogP contribution is -2.11. The van der Waals surface area contributed by atoms with Crippen LogP contribution in [0.25, 0.3) is 11.3 Å². The molecule has 3 rings (SSSR count). The highest BCUT2D eigenvalue weighted by Crippen LogP contribution is 2.39. The Morgan fingerprint density at radius 3 is 2.26 bits per heavy atom. The van der Waals surface area contributed by atoms with Crippen molar-refractivity contribution in [2.24, 2.45) is 5.92 Å². The minimum Gasteiger partial charge on any atom is -0.441 e. The van der Waals surface area contributed by atoms with Crippen LogP contribution >= 0.6 is 0 Å². The van der Waals surface area contributed by atoms with Crippen molar-refractivity contribution in [1.29, 1.82) is 0 Å². The average molecular weight is 333 g/mol. The van der Waals surface area contributed by atoms with E-state index in [0.29, 0.717) is 16.7 Å². The van der Waals surface area contributed by atoms with Gasteiger partial charge in [-0.1, -0.05) is 19.8 Å². The van der Waals surface area contributed by atoms with Crippen molar-refractivity contribution in [3.05, 3.63) is 35.9 Å². The van der Waals surface area contributed by atoms with Crippen LogP contribution in [-0.4, -0.2) is 19.7 Å². The van der Waals surface area contributed by atoms with Gasteiger partial charge < -0.3 is 4.42 Å². The average Bonchev–Trinajstić information content (AvgIpc) is 2.89. The van der Waals surface area contributed by atoms with E-state index in [2.05, 4.69) is 11.9 Å². The highest BCUT2D eigenvalue weighted by Gasteiger charge is 2.26. The molecule has 0 amide bonds. The Kier molecular flexibility index (Phi) is 4.32. The first-order valence-electron chi connectivity index (χ1n) is 8.12. The third-order valence-electron chi connectivity index (χ3n) is 4.71. The van der Waals surface area contributed by atoms with Crippen LogP contribution in [-0.2, 0) is 9.84 Å². The summed E-state index contributed by atoms with van der Waals surface area (Å²) in [6.45, 7) is 4.17. The van der Waals surface area contributed by atoms with E-state index in [4.69, 9.17) is 4.42 Å². The van der Waals surface area contributed by atoms with E-state index in [1.165, 1.54) is 19.1 Å². The number of benzene rings is 1. The van der Waals surface area contributed by atoms with Crippen LogP contribution in [0, 0.1) is 12.8 Å². The lowest BCUT2D eigenvalue weighted by Gasteiger charge is -2.25. The van der Waals surface area contributed by atoms with Gasteiger partial charge in [-0.3, -0.25) is 0 Å². The molecule has 1 saturated carbocycles. The summed E-state index contributed by atoms with van der Waals surface area (Å²) < 4.78 is 29.0. The van der Waals surface area contributed by atoms with E-state index in [-0.39, 0.29) is 0 Å². The van der Waals surface area contributed by atoms with Gasteiger partial charge in [-0.15, -0.1) is 0 Å². The third-order valence-corrected chi connectivity index (χ3v) is 5.84. The molecule has 0 atom stereocenters. The number of rotatable bonds is 3. The molecule has 0 radical (unpaired) electrons. The van der Waals surface area contributed by atoms with E-state index in [0.717, 1.165) is 35.8 Å². The van der Waals surface area contributed by atoms with Crippen molar-refractivity contribution in [3.63, 3.8) is 0 Å². The topological polar surface area (TPSA) is 60.2 Å². The lowest BCUT2D eigenvalue weighted by molar-refractivity contribution is 0.344. The normalized spacial score (nSPS) is 22.2. The number of aromatic nitrogens is 1. The molecule has 4 nitrogen and oxygen atoms in total. The van der Waals surface area contributed by atoms with Crippen molar-refractivity contribution >= 4 is 9.84 Å². The van der Waals surface area contributed by atoms with Gasteiger partial charge in [0.05, 0.1) is 10.6 Å². The molecule has 124 valence electrons. The first kappa shape index (κ1) is 16.2. The molecule has 1 heterocycles. The van der Waals surface area contributed by atoms with Crippen LogP contribution in [0.5, 0.6) is 0 Å². The molecular weight excluding hydrogens is 310 g/mol. The van der Waals surface area contributed by atoms with Crippen LogP contribution in [0.2, 0.25) is 0 Å². The quantitative estimate of drug-likeness (QED) is 0.838. The van der Waals surface area contributed by atoms with Crippen molar-refractivity contribution in [1.82, 2.24) is 4.98 Å². The van der Waals surface area contributed by atoms with Gasteiger partial charge in [-0.25, -0.2) is 13.4 Å². The van der Waals surface area contributed by atoms with Gasteiger partial charge in [-0.2, -0.15) is 0 Å². The Morgan fingerprint density at radius 2 is 1.70 bits per heavy atom. The molecule has 0 saturated heterocycles. The number of hydrogen-bond donors (Lipinski definition) is 0. The summed E-state index contributed by atoms with van der Waals surface area (Å²) in [6, 6.07) is 6.89. The minimum absolute atomic E-state index is 0.325. The summed E-state index contributed by atoms with van der Waals surface area (Å²) in [5, 5.41) is 0. The van der Waals surface area contributed by atoms with E-state index >= 15 is 0 Å². The van der Waals surface area contributed by atoms with Crippen molar-refractivity contribution in [3.8, 4) is 11.3 Å². The summed E-state index contributed by atoms with van der Waals surface area (Å²) in [5.74, 6) is 2.69.